The molecule has 0 saturated carbocycles. The average molecular weight is 1130 g/mol. The molecule has 7 N–H and O–H groups in total. The number of unbranched alkanes of at least 4 members (excludes halogenated alkanes) is 1. The summed E-state index contributed by atoms with van der Waals surface area (Å²) in [5, 5.41) is 12.9. The molecule has 1 heterocycles. The summed E-state index contributed by atoms with van der Waals surface area (Å²) in [6.07, 6.45) is 5.62. The quantitative estimate of drug-likeness (QED) is 0.0227. The Morgan fingerprint density at radius 2 is 1.09 bits per heavy atom. The van der Waals surface area contributed by atoms with E-state index >= 15 is 0 Å². The molecule has 0 unspecified atom stereocenters. The maximum atomic E-state index is 13.1. The molecule has 2 aromatic rings. The number of nitrogens with two attached hydrogens (primary N) is 1. The molecule has 438 valence electrons. The number of benzene rings is 1. The van der Waals surface area contributed by atoms with Gasteiger partial charge < -0.3 is 79.7 Å². The standard InChI is InChI=1S/C51H80N8O18S/c1-51(2,3)48(64)77-37-40-12-14-42(15-13-40)58-47(63)43(10-8-16-55-49(52)65)59-46(62)39-76-38-45(61)54-18-20-69-22-24-71-26-28-73-30-32-75-34-33-74-31-29-72-27-25-70-23-21-68-19-17-53-44(60)11-7-5-6-9-41-35-56-50(57-36-41)78(4,66)67/h12-15,35-36,43H,5,7-8,10-11,16-34,37-39H2,1-4H3,(H,53,60)(H,54,61)(H,58,63)(H,59,62)(H3,52,55,65)/t43-/m0/s1. The number of hydrogen-bond acceptors (Lipinski definition) is 20. The number of amides is 6. The van der Waals surface area contributed by atoms with Gasteiger partial charge in [-0.05, 0) is 57.7 Å². The first-order valence-corrected chi connectivity index (χ1v) is 27.5. The number of carbonyl (C=O) groups is 6. The molecule has 0 radical (unpaired) electrons. The first-order chi connectivity index (χ1) is 37.4. The van der Waals surface area contributed by atoms with Crippen molar-refractivity contribution in [3.05, 3.63) is 47.8 Å². The number of aromatic nitrogens is 2. The number of esters is 1. The third kappa shape index (κ3) is 37.0. The van der Waals surface area contributed by atoms with Crippen molar-refractivity contribution in [3.8, 4) is 11.8 Å². The summed E-state index contributed by atoms with van der Waals surface area (Å²) in [5.74, 6) is 3.72. The molecule has 1 aromatic heterocycles. The molecule has 0 saturated heterocycles. The summed E-state index contributed by atoms with van der Waals surface area (Å²) in [4.78, 5) is 80.7. The van der Waals surface area contributed by atoms with Gasteiger partial charge in [-0.15, -0.1) is 0 Å². The molecule has 0 aliphatic heterocycles. The lowest BCUT2D eigenvalue weighted by Gasteiger charge is -2.19. The molecule has 0 fully saturated rings. The molecular formula is C51H80N8O18S. The summed E-state index contributed by atoms with van der Waals surface area (Å²) in [5.41, 5.74) is 6.15. The fraction of sp³-hybridized carbons (Fsp3) is 0.647. The molecule has 1 aromatic carbocycles. The Morgan fingerprint density at radius 1 is 0.615 bits per heavy atom. The molecule has 2 rings (SSSR count). The van der Waals surface area contributed by atoms with E-state index in [1.54, 1.807) is 45.0 Å². The van der Waals surface area contributed by atoms with E-state index in [4.69, 9.17) is 53.1 Å². The van der Waals surface area contributed by atoms with Crippen molar-refractivity contribution in [2.24, 2.45) is 11.1 Å². The van der Waals surface area contributed by atoms with Crippen LogP contribution in [-0.4, -0.2) is 205 Å². The molecule has 0 aliphatic rings. The molecule has 26 nitrogen and oxygen atoms in total. The summed E-state index contributed by atoms with van der Waals surface area (Å²) in [7, 11) is -3.46. The zero-order chi connectivity index (χ0) is 57.1. The van der Waals surface area contributed by atoms with E-state index in [1.165, 1.54) is 12.4 Å². The monoisotopic (exact) mass is 1120 g/mol. The molecule has 0 bridgehead atoms. The van der Waals surface area contributed by atoms with Gasteiger partial charge >= 0.3 is 12.0 Å². The van der Waals surface area contributed by atoms with Crippen molar-refractivity contribution in [2.75, 3.05) is 150 Å². The van der Waals surface area contributed by atoms with Crippen LogP contribution in [0, 0.1) is 17.3 Å². The summed E-state index contributed by atoms with van der Waals surface area (Å²) in [6.45, 7) is 11.3. The van der Waals surface area contributed by atoms with E-state index in [2.05, 4.69) is 48.4 Å². The zero-order valence-electron chi connectivity index (χ0n) is 45.4. The highest BCUT2D eigenvalue weighted by Gasteiger charge is 2.24. The van der Waals surface area contributed by atoms with E-state index in [1.807, 2.05) is 0 Å². The van der Waals surface area contributed by atoms with Crippen LogP contribution >= 0.6 is 0 Å². The van der Waals surface area contributed by atoms with Crippen LogP contribution in [0.4, 0.5) is 10.5 Å². The van der Waals surface area contributed by atoms with Gasteiger partial charge in [-0.2, -0.15) is 0 Å². The van der Waals surface area contributed by atoms with Crippen LogP contribution in [0.25, 0.3) is 0 Å². The lowest BCUT2D eigenvalue weighted by Crippen LogP contribution is -2.46. The Kier molecular flexibility index (Phi) is 36.8. The van der Waals surface area contributed by atoms with Crippen molar-refractivity contribution in [1.29, 1.82) is 0 Å². The Morgan fingerprint density at radius 3 is 1.56 bits per heavy atom. The second-order valence-corrected chi connectivity index (χ2v) is 19.7. The highest BCUT2D eigenvalue weighted by atomic mass is 32.2. The number of carbonyl (C=O) groups excluding carboxylic acids is 6. The van der Waals surface area contributed by atoms with Crippen molar-refractivity contribution < 1.29 is 84.6 Å². The topological polar surface area (TPSA) is 341 Å². The third-order valence-electron chi connectivity index (χ3n) is 9.93. The van der Waals surface area contributed by atoms with Crippen LogP contribution in [-0.2, 0) is 87.8 Å². The van der Waals surface area contributed by atoms with Crippen LogP contribution in [0.5, 0.6) is 0 Å². The number of rotatable bonds is 44. The Bertz CT molecular complexity index is 2210. The fourth-order valence-electron chi connectivity index (χ4n) is 5.92. The van der Waals surface area contributed by atoms with E-state index < -0.39 is 58.3 Å². The number of urea groups is 1. The molecule has 1 atom stereocenters. The SMILES string of the molecule is CC(C)(C)C(=O)OCc1ccc(NC(=O)[C@H](CCCNC(N)=O)NC(=O)COCC(=O)NCCOCCOCCOCCOCCOCCOCCOCCOCCNC(=O)CCCC#Cc2cnc(S(C)(=O)=O)nc2)cc1. The van der Waals surface area contributed by atoms with Crippen molar-refractivity contribution in [3.63, 3.8) is 0 Å². The minimum absolute atomic E-state index is 0.0714. The van der Waals surface area contributed by atoms with Crippen LogP contribution in [0.3, 0.4) is 0 Å². The van der Waals surface area contributed by atoms with Gasteiger partial charge in [0.05, 0.1) is 117 Å². The highest BCUT2D eigenvalue weighted by Crippen LogP contribution is 2.18. The van der Waals surface area contributed by atoms with Gasteiger partial charge in [-0.1, -0.05) is 24.0 Å². The van der Waals surface area contributed by atoms with E-state index in [0.29, 0.717) is 143 Å². The van der Waals surface area contributed by atoms with Gasteiger partial charge in [0.15, 0.2) is 0 Å². The number of anilines is 1. The van der Waals surface area contributed by atoms with Crippen molar-refractivity contribution in [1.82, 2.24) is 31.2 Å². The van der Waals surface area contributed by atoms with Crippen LogP contribution in [0.15, 0.2) is 41.8 Å². The normalized spacial score (nSPS) is 11.7. The van der Waals surface area contributed by atoms with Gasteiger partial charge in [0.25, 0.3) is 0 Å². The first-order valence-electron chi connectivity index (χ1n) is 25.6. The van der Waals surface area contributed by atoms with Gasteiger partial charge in [0.2, 0.25) is 38.6 Å². The second kappa shape index (κ2) is 42.1. The third-order valence-corrected chi connectivity index (χ3v) is 10.8. The fourth-order valence-corrected chi connectivity index (χ4v) is 6.41. The Hall–Kier alpha value is -5.93. The van der Waals surface area contributed by atoms with Gasteiger partial charge in [-0.3, -0.25) is 24.0 Å². The Labute approximate surface area is 457 Å². The van der Waals surface area contributed by atoms with Gasteiger partial charge in [0.1, 0.15) is 25.9 Å². The molecular weight excluding hydrogens is 1040 g/mol. The predicted octanol–water partition coefficient (Wildman–Crippen LogP) is 0.445. The summed E-state index contributed by atoms with van der Waals surface area (Å²) in [6, 6.07) is 4.97. The smallest absolute Gasteiger partial charge is 0.312 e. The lowest BCUT2D eigenvalue weighted by molar-refractivity contribution is -0.154. The van der Waals surface area contributed by atoms with E-state index in [-0.39, 0.29) is 49.8 Å². The minimum Gasteiger partial charge on any atom is -0.460 e. The lowest BCUT2D eigenvalue weighted by atomic mass is 9.97. The van der Waals surface area contributed by atoms with Crippen LogP contribution < -0.4 is 32.3 Å². The van der Waals surface area contributed by atoms with Gasteiger partial charge in [0, 0.05) is 56.8 Å². The van der Waals surface area contributed by atoms with Crippen LogP contribution in [0.1, 0.15) is 64.0 Å². The second-order valence-electron chi connectivity index (χ2n) is 17.8. The number of hydrogen-bond donors (Lipinski definition) is 6. The average Bonchev–Trinajstić information content (AvgIpc) is 3.39. The first kappa shape index (κ1) is 68.2. The number of ether oxygens (including phenoxy) is 10. The van der Waals surface area contributed by atoms with E-state index in [0.717, 1.165) is 11.8 Å². The number of nitrogens with zero attached hydrogens (tertiary/aromatic N) is 2. The summed E-state index contributed by atoms with van der Waals surface area (Å²) < 4.78 is 77.2. The molecule has 0 aliphatic carbocycles. The van der Waals surface area contributed by atoms with E-state index in [9.17, 15) is 37.2 Å². The van der Waals surface area contributed by atoms with Crippen molar-refractivity contribution in [2.45, 2.75) is 70.7 Å². The molecule has 6 amide bonds. The van der Waals surface area contributed by atoms with Crippen LogP contribution in [0.2, 0.25) is 0 Å². The maximum absolute atomic E-state index is 13.1. The zero-order valence-corrected chi connectivity index (χ0v) is 46.2. The molecule has 0 spiro atoms. The maximum Gasteiger partial charge on any atom is 0.312 e. The predicted molar refractivity (Wildman–Crippen MR) is 282 cm³/mol. The summed E-state index contributed by atoms with van der Waals surface area (Å²) >= 11 is 0. The largest absolute Gasteiger partial charge is 0.460 e. The number of nitrogens with one attached hydrogen (secondary N) is 5. The van der Waals surface area contributed by atoms with Gasteiger partial charge in [-0.25, -0.2) is 23.2 Å². The number of sulfone groups is 1. The number of primary amides is 1. The highest BCUT2D eigenvalue weighted by molar-refractivity contribution is 7.90. The molecule has 27 heteroatoms. The van der Waals surface area contributed by atoms with Crippen molar-refractivity contribution >= 4 is 51.2 Å². The Balaban J connectivity index is 1.34. The minimum atomic E-state index is -3.46. The molecule has 78 heavy (non-hydrogen) atoms.